The molecule has 0 saturated heterocycles. The number of pyridine rings is 1. The van der Waals surface area contributed by atoms with E-state index >= 15 is 0 Å². The summed E-state index contributed by atoms with van der Waals surface area (Å²) in [4.78, 5) is 24.1. The number of rotatable bonds is 6. The van der Waals surface area contributed by atoms with Crippen molar-refractivity contribution in [2.45, 2.75) is 6.54 Å². The fraction of sp³-hybridized carbons (Fsp3) is 0.158. The van der Waals surface area contributed by atoms with Crippen molar-refractivity contribution < 1.29 is 18.7 Å². The molecule has 7 heteroatoms. The van der Waals surface area contributed by atoms with Crippen molar-refractivity contribution in [3.05, 3.63) is 76.6 Å². The Labute approximate surface area is 149 Å². The van der Waals surface area contributed by atoms with Gasteiger partial charge < -0.3 is 23.8 Å². The van der Waals surface area contributed by atoms with Crippen LogP contribution in [0.5, 0.6) is 11.5 Å². The third kappa shape index (κ3) is 3.94. The van der Waals surface area contributed by atoms with Crippen LogP contribution in [0, 0.1) is 0 Å². The van der Waals surface area contributed by atoms with E-state index in [0.29, 0.717) is 22.9 Å². The molecule has 134 valence electrons. The van der Waals surface area contributed by atoms with Crippen molar-refractivity contribution in [1.29, 1.82) is 0 Å². The van der Waals surface area contributed by atoms with Gasteiger partial charge in [0.15, 0.2) is 5.76 Å². The monoisotopic (exact) mass is 354 g/mol. The zero-order chi connectivity index (χ0) is 18.5. The van der Waals surface area contributed by atoms with Gasteiger partial charge in [0.1, 0.15) is 17.3 Å². The lowest BCUT2D eigenvalue weighted by atomic mass is 10.2. The van der Waals surface area contributed by atoms with E-state index in [1.165, 1.54) is 24.9 Å². The zero-order valence-electron chi connectivity index (χ0n) is 14.4. The van der Waals surface area contributed by atoms with Crippen molar-refractivity contribution >= 4 is 11.6 Å². The number of aromatic nitrogens is 1. The van der Waals surface area contributed by atoms with Crippen LogP contribution in [0.15, 0.2) is 63.9 Å². The molecule has 0 atom stereocenters. The van der Waals surface area contributed by atoms with Crippen LogP contribution in [0.4, 0.5) is 5.69 Å². The van der Waals surface area contributed by atoms with E-state index in [0.717, 1.165) is 0 Å². The molecule has 0 unspecified atom stereocenters. The van der Waals surface area contributed by atoms with E-state index in [2.05, 4.69) is 5.32 Å². The molecular formula is C19H18N2O5. The minimum Gasteiger partial charge on any atom is -0.497 e. The summed E-state index contributed by atoms with van der Waals surface area (Å²) in [5.41, 5.74) is 0.377. The van der Waals surface area contributed by atoms with Gasteiger partial charge >= 0.3 is 0 Å². The first kappa shape index (κ1) is 17.3. The minimum absolute atomic E-state index is 0.140. The van der Waals surface area contributed by atoms with Crippen molar-refractivity contribution in [3.63, 3.8) is 0 Å². The molecule has 0 aliphatic heterocycles. The predicted molar refractivity (Wildman–Crippen MR) is 96.0 cm³/mol. The van der Waals surface area contributed by atoms with E-state index in [9.17, 15) is 9.59 Å². The number of amides is 1. The van der Waals surface area contributed by atoms with Gasteiger partial charge in [0.05, 0.1) is 20.8 Å². The number of furan rings is 1. The normalized spacial score (nSPS) is 10.4. The van der Waals surface area contributed by atoms with Gasteiger partial charge in [-0.3, -0.25) is 9.59 Å². The lowest BCUT2D eigenvalue weighted by Crippen LogP contribution is -2.18. The van der Waals surface area contributed by atoms with Gasteiger partial charge in [-0.05, 0) is 18.2 Å². The molecule has 0 spiro atoms. The Morgan fingerprint density at radius 1 is 1.08 bits per heavy atom. The first-order valence-electron chi connectivity index (χ1n) is 7.87. The highest BCUT2D eigenvalue weighted by atomic mass is 16.5. The Kier molecular flexibility index (Phi) is 5.07. The molecule has 0 bridgehead atoms. The Morgan fingerprint density at radius 2 is 1.81 bits per heavy atom. The summed E-state index contributed by atoms with van der Waals surface area (Å²) in [6.07, 6.45) is 1.66. The number of carbonyl (C=O) groups excluding carboxylic acids is 1. The second-order valence-electron chi connectivity index (χ2n) is 5.49. The number of carbonyl (C=O) groups is 1. The van der Waals surface area contributed by atoms with Gasteiger partial charge in [-0.2, -0.15) is 0 Å². The molecule has 26 heavy (non-hydrogen) atoms. The molecule has 1 aromatic carbocycles. The van der Waals surface area contributed by atoms with E-state index in [1.54, 1.807) is 48.7 Å². The van der Waals surface area contributed by atoms with Gasteiger partial charge in [-0.15, -0.1) is 0 Å². The number of nitrogens with one attached hydrogen (secondary N) is 1. The molecule has 0 radical (unpaired) electrons. The van der Waals surface area contributed by atoms with E-state index in [4.69, 9.17) is 13.9 Å². The number of anilines is 1. The van der Waals surface area contributed by atoms with Crippen molar-refractivity contribution in [2.24, 2.45) is 0 Å². The quantitative estimate of drug-likeness (QED) is 0.736. The van der Waals surface area contributed by atoms with Gasteiger partial charge in [0, 0.05) is 36.1 Å². The molecule has 1 amide bonds. The fourth-order valence-corrected chi connectivity index (χ4v) is 2.42. The molecule has 1 N–H and O–H groups in total. The summed E-state index contributed by atoms with van der Waals surface area (Å²) in [5, 5.41) is 2.74. The number of methoxy groups -OCH3 is 2. The maximum absolute atomic E-state index is 12.4. The highest BCUT2D eigenvalue weighted by Crippen LogP contribution is 2.26. The molecular weight excluding hydrogens is 336 g/mol. The van der Waals surface area contributed by atoms with Crippen molar-refractivity contribution in [1.82, 2.24) is 4.57 Å². The summed E-state index contributed by atoms with van der Waals surface area (Å²) in [6.45, 7) is 0.250. The molecule has 0 fully saturated rings. The van der Waals surface area contributed by atoms with Gasteiger partial charge in [-0.25, -0.2) is 0 Å². The van der Waals surface area contributed by atoms with E-state index in [-0.39, 0.29) is 17.9 Å². The van der Waals surface area contributed by atoms with Gasteiger partial charge in [0.25, 0.3) is 11.5 Å². The highest BCUT2D eigenvalue weighted by molar-refractivity contribution is 6.02. The van der Waals surface area contributed by atoms with Crippen LogP contribution in [-0.4, -0.2) is 24.7 Å². The van der Waals surface area contributed by atoms with Crippen LogP contribution in [0.2, 0.25) is 0 Å². The van der Waals surface area contributed by atoms with E-state index < -0.39 is 5.91 Å². The van der Waals surface area contributed by atoms with Gasteiger partial charge in [-0.1, -0.05) is 6.07 Å². The number of ether oxygens (including phenoxy) is 2. The third-order valence-electron chi connectivity index (χ3n) is 3.72. The summed E-state index contributed by atoms with van der Waals surface area (Å²) in [7, 11) is 3.06. The maximum atomic E-state index is 12.4. The lowest BCUT2D eigenvalue weighted by molar-refractivity contribution is 0.0994. The van der Waals surface area contributed by atoms with Crippen molar-refractivity contribution in [2.75, 3.05) is 19.5 Å². The van der Waals surface area contributed by atoms with Crippen LogP contribution < -0.4 is 20.3 Å². The Bertz CT molecular complexity index is 952. The Balaban J connectivity index is 1.74. The predicted octanol–water partition coefficient (Wildman–Crippen LogP) is 2.76. The minimum atomic E-state index is -0.410. The molecule has 0 aliphatic carbocycles. The lowest BCUT2D eigenvalue weighted by Gasteiger charge is -2.09. The zero-order valence-corrected chi connectivity index (χ0v) is 14.4. The van der Waals surface area contributed by atoms with Crippen LogP contribution in [-0.2, 0) is 6.54 Å². The molecule has 3 aromatic rings. The molecule has 2 aromatic heterocycles. The van der Waals surface area contributed by atoms with Crippen molar-refractivity contribution in [3.8, 4) is 11.5 Å². The fourth-order valence-electron chi connectivity index (χ4n) is 2.42. The summed E-state index contributed by atoms with van der Waals surface area (Å²) in [5.74, 6) is 1.36. The molecule has 3 rings (SSSR count). The van der Waals surface area contributed by atoms with Crippen LogP contribution >= 0.6 is 0 Å². The summed E-state index contributed by atoms with van der Waals surface area (Å²) in [6, 6.07) is 13.2. The largest absolute Gasteiger partial charge is 0.497 e. The molecule has 0 saturated carbocycles. The maximum Gasteiger partial charge on any atom is 0.291 e. The topological polar surface area (TPSA) is 82.7 Å². The standard InChI is InChI=1S/C19H18N2O5/c1-24-15-9-13(10-16(11-15)25-2)20-19(23)17-7-6-14(26-17)12-21-8-4-3-5-18(21)22/h3-11H,12H2,1-2H3,(H,20,23). The first-order valence-corrected chi connectivity index (χ1v) is 7.87. The Hall–Kier alpha value is -3.48. The number of hydrogen-bond acceptors (Lipinski definition) is 5. The van der Waals surface area contributed by atoms with Crippen LogP contribution in [0.1, 0.15) is 16.3 Å². The number of nitrogens with zero attached hydrogens (tertiary/aromatic N) is 1. The molecule has 0 aliphatic rings. The first-order chi connectivity index (χ1) is 12.6. The SMILES string of the molecule is COc1cc(NC(=O)c2ccc(Cn3ccccc3=O)o2)cc(OC)c1. The average Bonchev–Trinajstić information content (AvgIpc) is 3.12. The second-order valence-corrected chi connectivity index (χ2v) is 5.49. The second kappa shape index (κ2) is 7.60. The summed E-state index contributed by atoms with van der Waals surface area (Å²) < 4.78 is 17.4. The van der Waals surface area contributed by atoms with Gasteiger partial charge in [0.2, 0.25) is 0 Å². The van der Waals surface area contributed by atoms with Crippen LogP contribution in [0.25, 0.3) is 0 Å². The van der Waals surface area contributed by atoms with Crippen LogP contribution in [0.3, 0.4) is 0 Å². The number of benzene rings is 1. The third-order valence-corrected chi connectivity index (χ3v) is 3.72. The smallest absolute Gasteiger partial charge is 0.291 e. The Morgan fingerprint density at radius 3 is 2.46 bits per heavy atom. The van der Waals surface area contributed by atoms with E-state index in [1.807, 2.05) is 0 Å². The summed E-state index contributed by atoms with van der Waals surface area (Å²) >= 11 is 0. The molecule has 2 heterocycles. The average molecular weight is 354 g/mol. The number of hydrogen-bond donors (Lipinski definition) is 1. The molecule has 7 nitrogen and oxygen atoms in total. The highest BCUT2D eigenvalue weighted by Gasteiger charge is 2.13.